The molecule has 1 unspecified atom stereocenters. The van der Waals surface area contributed by atoms with Gasteiger partial charge in [-0.3, -0.25) is 4.98 Å². The maximum Gasteiger partial charge on any atom is 0.141 e. The molecule has 0 aliphatic rings. The van der Waals surface area contributed by atoms with E-state index in [0.717, 1.165) is 22.7 Å². The molecular weight excluding hydrogens is 233 g/mol. The number of aryl methyl sites for hydroxylation is 2. The summed E-state index contributed by atoms with van der Waals surface area (Å²) < 4.78 is 17.9. The fraction of sp³-hybridized carbons (Fsp3) is 0.385. The molecule has 0 aliphatic heterocycles. The highest BCUT2D eigenvalue weighted by atomic mass is 19.1. The van der Waals surface area contributed by atoms with E-state index in [9.17, 15) is 4.39 Å². The lowest BCUT2D eigenvalue weighted by Gasteiger charge is -2.12. The smallest absolute Gasteiger partial charge is 0.141 e. The predicted molar refractivity (Wildman–Crippen MR) is 65.4 cm³/mol. The zero-order chi connectivity index (χ0) is 13.1. The second kappa shape index (κ2) is 5.27. The quantitative estimate of drug-likeness (QED) is 0.905. The van der Waals surface area contributed by atoms with Crippen LogP contribution in [0.5, 0.6) is 0 Å². The largest absolute Gasteiger partial charge is 0.361 e. The lowest BCUT2D eigenvalue weighted by Crippen LogP contribution is -2.19. The van der Waals surface area contributed by atoms with Gasteiger partial charge in [-0.1, -0.05) is 5.16 Å². The average molecular weight is 249 g/mol. The summed E-state index contributed by atoms with van der Waals surface area (Å²) in [7, 11) is 0. The molecule has 0 aliphatic carbocycles. The molecule has 0 saturated carbocycles. The number of hydrogen-bond donors (Lipinski definition) is 1. The first-order chi connectivity index (χ1) is 8.58. The second-order valence-corrected chi connectivity index (χ2v) is 4.31. The summed E-state index contributed by atoms with van der Waals surface area (Å²) in [6.07, 6.45) is 1.23. The van der Waals surface area contributed by atoms with Gasteiger partial charge in [0.25, 0.3) is 0 Å². The third-order valence-corrected chi connectivity index (χ3v) is 2.96. The maximum atomic E-state index is 12.8. The second-order valence-electron chi connectivity index (χ2n) is 4.31. The number of nitrogens with one attached hydrogen (secondary N) is 1. The molecule has 0 bridgehead atoms. The summed E-state index contributed by atoms with van der Waals surface area (Å²) in [6, 6.07) is 3.14. The van der Waals surface area contributed by atoms with E-state index >= 15 is 0 Å². The highest BCUT2D eigenvalue weighted by Gasteiger charge is 2.11. The van der Waals surface area contributed by atoms with E-state index in [1.165, 1.54) is 12.3 Å². The molecule has 1 N–H and O–H groups in total. The Labute approximate surface area is 105 Å². The zero-order valence-corrected chi connectivity index (χ0v) is 10.7. The lowest BCUT2D eigenvalue weighted by atomic mass is 10.1. The minimum Gasteiger partial charge on any atom is -0.361 e. The molecule has 2 heterocycles. The minimum absolute atomic E-state index is 0.0410. The van der Waals surface area contributed by atoms with Crippen LogP contribution in [0.1, 0.15) is 35.7 Å². The van der Waals surface area contributed by atoms with Gasteiger partial charge in [0.05, 0.1) is 17.6 Å². The summed E-state index contributed by atoms with van der Waals surface area (Å²) in [5, 5.41) is 7.22. The first-order valence-corrected chi connectivity index (χ1v) is 5.84. The van der Waals surface area contributed by atoms with Gasteiger partial charge >= 0.3 is 0 Å². The molecule has 5 heteroatoms. The Kier molecular flexibility index (Phi) is 3.72. The van der Waals surface area contributed by atoms with Crippen molar-refractivity contribution in [3.8, 4) is 0 Å². The van der Waals surface area contributed by atoms with Crippen LogP contribution in [0.15, 0.2) is 22.9 Å². The summed E-state index contributed by atoms with van der Waals surface area (Å²) in [5.41, 5.74) is 2.76. The van der Waals surface area contributed by atoms with Crippen LogP contribution in [0, 0.1) is 19.7 Å². The van der Waals surface area contributed by atoms with Gasteiger partial charge in [0, 0.05) is 18.2 Å². The Morgan fingerprint density at radius 1 is 1.39 bits per heavy atom. The topological polar surface area (TPSA) is 51.0 Å². The SMILES string of the molecule is Cc1noc(C)c1CNC(C)c1ccc(F)cn1. The van der Waals surface area contributed by atoms with Crippen LogP contribution in [0.2, 0.25) is 0 Å². The number of nitrogens with zero attached hydrogens (tertiary/aromatic N) is 2. The highest BCUT2D eigenvalue weighted by molar-refractivity contribution is 5.21. The monoisotopic (exact) mass is 249 g/mol. The van der Waals surface area contributed by atoms with Crippen molar-refractivity contribution in [2.75, 3.05) is 0 Å². The van der Waals surface area contributed by atoms with E-state index in [2.05, 4.69) is 15.5 Å². The van der Waals surface area contributed by atoms with Crippen LogP contribution >= 0.6 is 0 Å². The molecule has 2 aromatic heterocycles. The Hall–Kier alpha value is -1.75. The third-order valence-electron chi connectivity index (χ3n) is 2.96. The summed E-state index contributed by atoms with van der Waals surface area (Å²) >= 11 is 0. The van der Waals surface area contributed by atoms with E-state index in [1.54, 1.807) is 6.07 Å². The molecule has 1 atom stereocenters. The van der Waals surface area contributed by atoms with Crippen LogP contribution in [0.4, 0.5) is 4.39 Å². The molecule has 2 aromatic rings. The molecule has 4 nitrogen and oxygen atoms in total. The van der Waals surface area contributed by atoms with Gasteiger partial charge in [-0.15, -0.1) is 0 Å². The van der Waals surface area contributed by atoms with E-state index in [4.69, 9.17) is 4.52 Å². The molecule has 0 fully saturated rings. The van der Waals surface area contributed by atoms with E-state index in [0.29, 0.717) is 6.54 Å². The summed E-state index contributed by atoms with van der Waals surface area (Å²) in [5.74, 6) is 0.496. The Morgan fingerprint density at radius 3 is 2.72 bits per heavy atom. The van der Waals surface area contributed by atoms with Gasteiger partial charge in [-0.2, -0.15) is 0 Å². The van der Waals surface area contributed by atoms with Gasteiger partial charge < -0.3 is 9.84 Å². The van der Waals surface area contributed by atoms with Crippen LogP contribution in [0.3, 0.4) is 0 Å². The molecule has 96 valence electrons. The van der Waals surface area contributed by atoms with Crippen molar-refractivity contribution >= 4 is 0 Å². The number of rotatable bonds is 4. The first-order valence-electron chi connectivity index (χ1n) is 5.84. The molecule has 0 aromatic carbocycles. The lowest BCUT2D eigenvalue weighted by molar-refractivity contribution is 0.391. The van der Waals surface area contributed by atoms with Gasteiger partial charge in [0.1, 0.15) is 11.6 Å². The van der Waals surface area contributed by atoms with E-state index in [-0.39, 0.29) is 11.9 Å². The standard InChI is InChI=1S/C13H16FN3O/c1-8-12(10(3)18-17-8)7-15-9(2)13-5-4-11(14)6-16-13/h4-6,9,15H,7H2,1-3H3. The van der Waals surface area contributed by atoms with Gasteiger partial charge in [-0.05, 0) is 32.9 Å². The number of hydrogen-bond acceptors (Lipinski definition) is 4. The van der Waals surface area contributed by atoms with Gasteiger partial charge in [-0.25, -0.2) is 4.39 Å². The highest BCUT2D eigenvalue weighted by Crippen LogP contribution is 2.15. The Balaban J connectivity index is 2.00. The molecule has 18 heavy (non-hydrogen) atoms. The average Bonchev–Trinajstić information content (AvgIpc) is 2.67. The van der Waals surface area contributed by atoms with Crippen molar-refractivity contribution < 1.29 is 8.91 Å². The van der Waals surface area contributed by atoms with Crippen molar-refractivity contribution in [2.45, 2.75) is 33.4 Å². The van der Waals surface area contributed by atoms with Crippen LogP contribution in [-0.2, 0) is 6.54 Å². The summed E-state index contributed by atoms with van der Waals surface area (Å²) in [4.78, 5) is 4.05. The number of aromatic nitrogens is 2. The van der Waals surface area contributed by atoms with Crippen molar-refractivity contribution in [1.82, 2.24) is 15.5 Å². The molecule has 0 amide bonds. The normalized spacial score (nSPS) is 12.7. The van der Waals surface area contributed by atoms with Crippen molar-refractivity contribution in [1.29, 1.82) is 0 Å². The minimum atomic E-state index is -0.323. The van der Waals surface area contributed by atoms with Crippen LogP contribution in [-0.4, -0.2) is 10.1 Å². The molecular formula is C13H16FN3O. The van der Waals surface area contributed by atoms with E-state index < -0.39 is 0 Å². The van der Waals surface area contributed by atoms with Crippen molar-refractivity contribution in [3.63, 3.8) is 0 Å². The Bertz CT molecular complexity index is 502. The number of pyridine rings is 1. The van der Waals surface area contributed by atoms with Crippen molar-refractivity contribution in [2.24, 2.45) is 0 Å². The van der Waals surface area contributed by atoms with Crippen LogP contribution < -0.4 is 5.32 Å². The third kappa shape index (κ3) is 2.73. The predicted octanol–water partition coefficient (Wildman–Crippen LogP) is 2.68. The van der Waals surface area contributed by atoms with E-state index in [1.807, 2.05) is 20.8 Å². The zero-order valence-electron chi connectivity index (χ0n) is 10.7. The first kappa shape index (κ1) is 12.7. The van der Waals surface area contributed by atoms with Gasteiger partial charge in [0.2, 0.25) is 0 Å². The molecule has 2 rings (SSSR count). The fourth-order valence-electron chi connectivity index (χ4n) is 1.76. The van der Waals surface area contributed by atoms with Gasteiger partial charge in [0.15, 0.2) is 0 Å². The molecule has 0 saturated heterocycles. The molecule has 0 spiro atoms. The number of halogens is 1. The molecule has 0 radical (unpaired) electrons. The van der Waals surface area contributed by atoms with Crippen molar-refractivity contribution in [3.05, 3.63) is 46.9 Å². The maximum absolute atomic E-state index is 12.8. The fourth-order valence-corrected chi connectivity index (χ4v) is 1.76. The van der Waals surface area contributed by atoms with Crippen LogP contribution in [0.25, 0.3) is 0 Å². The summed E-state index contributed by atoms with van der Waals surface area (Å²) in [6.45, 7) is 6.44. The Morgan fingerprint density at radius 2 is 2.17 bits per heavy atom.